The summed E-state index contributed by atoms with van der Waals surface area (Å²) in [5.41, 5.74) is -0.0530. The van der Waals surface area contributed by atoms with E-state index in [-0.39, 0.29) is 5.91 Å². The number of rotatable bonds is 7. The Morgan fingerprint density at radius 1 is 1.26 bits per heavy atom. The first-order chi connectivity index (χ1) is 9.05. The fourth-order valence-corrected chi connectivity index (χ4v) is 1.52. The second-order valence-electron chi connectivity index (χ2n) is 4.62. The molecule has 19 heavy (non-hydrogen) atoms. The molecule has 0 spiro atoms. The molecule has 0 saturated heterocycles. The summed E-state index contributed by atoms with van der Waals surface area (Å²) in [6.45, 7) is 6.46. The second kappa shape index (κ2) is 7.14. The van der Waals surface area contributed by atoms with Crippen LogP contribution in [0.4, 0.5) is 5.69 Å². The number of hydrogen-bond acceptors (Lipinski definition) is 3. The molecule has 1 amide bonds. The molecule has 0 aliphatic carbocycles. The highest BCUT2D eigenvalue weighted by Crippen LogP contribution is 2.20. The molecule has 0 saturated carbocycles. The summed E-state index contributed by atoms with van der Waals surface area (Å²) in [5.74, 6) is 0.671. The van der Waals surface area contributed by atoms with E-state index in [1.807, 2.05) is 31.2 Å². The minimum Gasteiger partial charge on any atom is -0.494 e. The minimum absolute atomic E-state index is 0.139. The highest BCUT2D eigenvalue weighted by atomic mass is 16.5. The van der Waals surface area contributed by atoms with Gasteiger partial charge in [-0.1, -0.05) is 13.8 Å². The monoisotopic (exact) mass is 265 g/mol. The summed E-state index contributed by atoms with van der Waals surface area (Å²) in [6.07, 6.45) is 1.59. The van der Waals surface area contributed by atoms with E-state index in [0.717, 1.165) is 17.9 Å². The molecule has 1 atom stereocenters. The van der Waals surface area contributed by atoms with Gasteiger partial charge in [-0.05, 0) is 44.0 Å². The van der Waals surface area contributed by atoms with Gasteiger partial charge < -0.3 is 14.8 Å². The third kappa shape index (κ3) is 4.24. The van der Waals surface area contributed by atoms with Crippen molar-refractivity contribution in [2.75, 3.05) is 19.0 Å². The molecule has 1 aromatic rings. The average molecular weight is 265 g/mol. The fraction of sp³-hybridized carbons (Fsp3) is 0.533. The van der Waals surface area contributed by atoms with Gasteiger partial charge in [0.15, 0.2) is 0 Å². The summed E-state index contributed by atoms with van der Waals surface area (Å²) in [5, 5.41) is 2.85. The lowest BCUT2D eigenvalue weighted by Gasteiger charge is -2.25. The minimum atomic E-state index is -0.794. The van der Waals surface area contributed by atoms with E-state index in [1.54, 1.807) is 14.0 Å². The van der Waals surface area contributed by atoms with Crippen LogP contribution in [0, 0.1) is 0 Å². The number of hydrogen-bond donors (Lipinski definition) is 1. The molecule has 4 nitrogen and oxygen atoms in total. The number of benzene rings is 1. The van der Waals surface area contributed by atoms with E-state index in [0.29, 0.717) is 13.0 Å². The molecule has 0 radical (unpaired) electrons. The predicted molar refractivity (Wildman–Crippen MR) is 76.6 cm³/mol. The van der Waals surface area contributed by atoms with Gasteiger partial charge in [-0.25, -0.2) is 0 Å². The van der Waals surface area contributed by atoms with Crippen molar-refractivity contribution in [2.24, 2.45) is 0 Å². The van der Waals surface area contributed by atoms with Crippen molar-refractivity contribution in [1.82, 2.24) is 0 Å². The molecule has 0 fully saturated rings. The number of nitrogens with one attached hydrogen (secondary N) is 1. The zero-order valence-corrected chi connectivity index (χ0v) is 12.2. The van der Waals surface area contributed by atoms with Gasteiger partial charge >= 0.3 is 0 Å². The van der Waals surface area contributed by atoms with Crippen LogP contribution in [-0.2, 0) is 9.53 Å². The number of amides is 1. The van der Waals surface area contributed by atoms with Crippen LogP contribution in [0.15, 0.2) is 24.3 Å². The molecule has 0 aliphatic heterocycles. The van der Waals surface area contributed by atoms with E-state index in [2.05, 4.69) is 12.2 Å². The van der Waals surface area contributed by atoms with Crippen molar-refractivity contribution in [3.8, 4) is 5.75 Å². The zero-order valence-electron chi connectivity index (χ0n) is 12.2. The lowest BCUT2D eigenvalue weighted by atomic mass is 10.0. The number of methoxy groups -OCH3 is 1. The highest BCUT2D eigenvalue weighted by molar-refractivity contribution is 5.97. The normalized spacial score (nSPS) is 13.7. The molecule has 1 N–H and O–H groups in total. The van der Waals surface area contributed by atoms with Crippen molar-refractivity contribution in [3.05, 3.63) is 24.3 Å². The average Bonchev–Trinajstić information content (AvgIpc) is 2.45. The Bertz CT molecular complexity index is 396. The van der Waals surface area contributed by atoms with Crippen molar-refractivity contribution in [3.63, 3.8) is 0 Å². The van der Waals surface area contributed by atoms with E-state index in [9.17, 15) is 4.79 Å². The lowest BCUT2D eigenvalue weighted by Crippen LogP contribution is -2.41. The Kier molecular flexibility index (Phi) is 5.83. The highest BCUT2D eigenvalue weighted by Gasteiger charge is 2.30. The van der Waals surface area contributed by atoms with Crippen LogP contribution in [0.3, 0.4) is 0 Å². The largest absolute Gasteiger partial charge is 0.494 e. The molecule has 1 unspecified atom stereocenters. The van der Waals surface area contributed by atoms with Crippen LogP contribution in [0.25, 0.3) is 0 Å². The molecule has 1 rings (SSSR count). The Morgan fingerprint density at radius 3 is 2.37 bits per heavy atom. The fourth-order valence-electron chi connectivity index (χ4n) is 1.52. The SMILES string of the molecule is CCCOc1ccc(NC(=O)C(C)(CC)OC)cc1. The smallest absolute Gasteiger partial charge is 0.256 e. The Balaban J connectivity index is 2.65. The molecule has 0 aliphatic rings. The summed E-state index contributed by atoms with van der Waals surface area (Å²) in [7, 11) is 1.55. The molecular formula is C15H23NO3. The van der Waals surface area contributed by atoms with E-state index < -0.39 is 5.60 Å². The van der Waals surface area contributed by atoms with Crippen LogP contribution >= 0.6 is 0 Å². The maximum Gasteiger partial charge on any atom is 0.256 e. The molecule has 0 bridgehead atoms. The van der Waals surface area contributed by atoms with Gasteiger partial charge in [0, 0.05) is 12.8 Å². The number of carbonyl (C=O) groups is 1. The quantitative estimate of drug-likeness (QED) is 0.823. The third-order valence-electron chi connectivity index (χ3n) is 3.19. The molecule has 1 aromatic carbocycles. The summed E-state index contributed by atoms with van der Waals surface area (Å²) >= 11 is 0. The predicted octanol–water partition coefficient (Wildman–Crippen LogP) is 3.23. The van der Waals surface area contributed by atoms with Crippen LogP contribution < -0.4 is 10.1 Å². The molecule has 106 valence electrons. The van der Waals surface area contributed by atoms with Gasteiger partial charge in [-0.15, -0.1) is 0 Å². The van der Waals surface area contributed by atoms with Gasteiger partial charge in [0.1, 0.15) is 11.4 Å². The van der Waals surface area contributed by atoms with Gasteiger partial charge in [-0.3, -0.25) is 4.79 Å². The van der Waals surface area contributed by atoms with E-state index >= 15 is 0 Å². The third-order valence-corrected chi connectivity index (χ3v) is 3.19. The first-order valence-electron chi connectivity index (χ1n) is 6.65. The Morgan fingerprint density at radius 2 is 1.89 bits per heavy atom. The van der Waals surface area contributed by atoms with Crippen molar-refractivity contribution >= 4 is 11.6 Å². The van der Waals surface area contributed by atoms with Gasteiger partial charge in [0.05, 0.1) is 6.61 Å². The first-order valence-corrected chi connectivity index (χ1v) is 6.65. The molecule has 0 heterocycles. The molecule has 4 heteroatoms. The zero-order chi connectivity index (χ0) is 14.3. The molecule has 0 aromatic heterocycles. The van der Waals surface area contributed by atoms with E-state index in [4.69, 9.17) is 9.47 Å². The Hall–Kier alpha value is -1.55. The second-order valence-corrected chi connectivity index (χ2v) is 4.62. The van der Waals surface area contributed by atoms with Crippen LogP contribution in [0.1, 0.15) is 33.6 Å². The number of anilines is 1. The van der Waals surface area contributed by atoms with Gasteiger partial charge in [-0.2, -0.15) is 0 Å². The van der Waals surface area contributed by atoms with Gasteiger partial charge in [0.2, 0.25) is 0 Å². The van der Waals surface area contributed by atoms with Crippen molar-refractivity contribution in [1.29, 1.82) is 0 Å². The van der Waals surface area contributed by atoms with Crippen molar-refractivity contribution < 1.29 is 14.3 Å². The summed E-state index contributed by atoms with van der Waals surface area (Å²) < 4.78 is 10.7. The van der Waals surface area contributed by atoms with Gasteiger partial charge in [0.25, 0.3) is 5.91 Å². The summed E-state index contributed by atoms with van der Waals surface area (Å²) in [6, 6.07) is 7.35. The topological polar surface area (TPSA) is 47.6 Å². The Labute approximate surface area is 115 Å². The number of carbonyl (C=O) groups excluding carboxylic acids is 1. The van der Waals surface area contributed by atoms with Crippen LogP contribution in [0.5, 0.6) is 5.75 Å². The lowest BCUT2D eigenvalue weighted by molar-refractivity contribution is -0.136. The maximum absolute atomic E-state index is 12.1. The first kappa shape index (κ1) is 15.5. The summed E-state index contributed by atoms with van der Waals surface area (Å²) in [4.78, 5) is 12.1. The van der Waals surface area contributed by atoms with Crippen LogP contribution in [-0.4, -0.2) is 25.2 Å². The molecular weight excluding hydrogens is 242 g/mol. The standard InChI is InChI=1S/C15H23NO3/c1-5-11-19-13-9-7-12(8-10-13)16-14(17)15(3,6-2)18-4/h7-10H,5-6,11H2,1-4H3,(H,16,17). The van der Waals surface area contributed by atoms with Crippen molar-refractivity contribution in [2.45, 2.75) is 39.2 Å². The van der Waals surface area contributed by atoms with Crippen LogP contribution in [0.2, 0.25) is 0 Å². The maximum atomic E-state index is 12.1. The van der Waals surface area contributed by atoms with E-state index in [1.165, 1.54) is 0 Å². The number of ether oxygens (including phenoxy) is 2.